The molecular weight excluding hydrogens is 334 g/mol. The number of amides is 1. The first-order chi connectivity index (χ1) is 12.7. The van der Waals surface area contributed by atoms with Gasteiger partial charge in [0.25, 0.3) is 11.5 Å². The summed E-state index contributed by atoms with van der Waals surface area (Å²) in [6.45, 7) is 0.0922. The summed E-state index contributed by atoms with van der Waals surface area (Å²) < 4.78 is 11.1. The SMILES string of the molecule is O=C(N/N=C/c1cc2ccccc2[nH]c1=O)[C@@H]1COc2ccccc2O1. The number of ether oxygens (including phenoxy) is 2. The largest absolute Gasteiger partial charge is 0.485 e. The highest BCUT2D eigenvalue weighted by Gasteiger charge is 2.26. The highest BCUT2D eigenvalue weighted by Crippen LogP contribution is 2.30. The fourth-order valence-corrected chi connectivity index (χ4v) is 2.65. The molecular formula is C19H15N3O4. The molecule has 7 heteroatoms. The number of fused-ring (bicyclic) bond motifs is 2. The van der Waals surface area contributed by atoms with Crippen molar-refractivity contribution < 1.29 is 14.3 Å². The summed E-state index contributed by atoms with van der Waals surface area (Å²) in [5, 5.41) is 4.74. The van der Waals surface area contributed by atoms with Crippen LogP contribution in [0.2, 0.25) is 0 Å². The van der Waals surface area contributed by atoms with Crippen molar-refractivity contribution in [2.24, 2.45) is 5.10 Å². The minimum Gasteiger partial charge on any atom is -0.485 e. The normalized spacial score (nSPS) is 15.9. The molecule has 4 rings (SSSR count). The van der Waals surface area contributed by atoms with Crippen LogP contribution in [-0.4, -0.2) is 29.8 Å². The Hall–Kier alpha value is -3.61. The van der Waals surface area contributed by atoms with Crippen LogP contribution in [0.3, 0.4) is 0 Å². The molecule has 7 nitrogen and oxygen atoms in total. The van der Waals surface area contributed by atoms with Crippen molar-refractivity contribution in [1.29, 1.82) is 0 Å². The van der Waals surface area contributed by atoms with E-state index < -0.39 is 12.0 Å². The fraction of sp³-hybridized carbons (Fsp3) is 0.105. The van der Waals surface area contributed by atoms with Gasteiger partial charge in [-0.25, -0.2) is 5.43 Å². The summed E-state index contributed by atoms with van der Waals surface area (Å²) in [6.07, 6.45) is 0.498. The first-order valence-corrected chi connectivity index (χ1v) is 8.04. The van der Waals surface area contributed by atoms with E-state index in [1.807, 2.05) is 30.3 Å². The van der Waals surface area contributed by atoms with Gasteiger partial charge in [-0.3, -0.25) is 9.59 Å². The maximum Gasteiger partial charge on any atom is 0.284 e. The number of nitrogens with one attached hydrogen (secondary N) is 2. The van der Waals surface area contributed by atoms with Gasteiger partial charge in [-0.05, 0) is 29.7 Å². The molecule has 1 aromatic heterocycles. The quantitative estimate of drug-likeness (QED) is 0.557. The lowest BCUT2D eigenvalue weighted by Crippen LogP contribution is -2.42. The minimum absolute atomic E-state index is 0.0922. The molecule has 1 aliphatic heterocycles. The topological polar surface area (TPSA) is 92.8 Å². The van der Waals surface area contributed by atoms with Gasteiger partial charge in [0.05, 0.1) is 11.8 Å². The van der Waals surface area contributed by atoms with Crippen molar-refractivity contribution in [3.8, 4) is 11.5 Å². The van der Waals surface area contributed by atoms with E-state index in [4.69, 9.17) is 9.47 Å². The van der Waals surface area contributed by atoms with E-state index in [-0.39, 0.29) is 12.2 Å². The summed E-state index contributed by atoms with van der Waals surface area (Å²) in [5.74, 6) is 0.657. The maximum absolute atomic E-state index is 12.2. The third-order valence-corrected chi connectivity index (χ3v) is 3.96. The summed E-state index contributed by atoms with van der Waals surface area (Å²) in [7, 11) is 0. The molecule has 0 radical (unpaired) electrons. The Bertz CT molecular complexity index is 1060. The summed E-state index contributed by atoms with van der Waals surface area (Å²) in [4.78, 5) is 27.0. The van der Waals surface area contributed by atoms with Gasteiger partial charge in [-0.1, -0.05) is 30.3 Å². The Morgan fingerprint density at radius 3 is 2.81 bits per heavy atom. The molecule has 130 valence electrons. The number of nitrogens with zero attached hydrogens (tertiary/aromatic N) is 1. The lowest BCUT2D eigenvalue weighted by Gasteiger charge is -2.24. The molecule has 26 heavy (non-hydrogen) atoms. The highest BCUT2D eigenvalue weighted by molar-refractivity contribution is 5.88. The molecule has 0 saturated carbocycles. The van der Waals surface area contributed by atoms with Crippen LogP contribution in [0.15, 0.2) is 64.5 Å². The molecule has 1 amide bonds. The van der Waals surface area contributed by atoms with E-state index >= 15 is 0 Å². The highest BCUT2D eigenvalue weighted by atomic mass is 16.6. The summed E-state index contributed by atoms with van der Waals surface area (Å²) >= 11 is 0. The van der Waals surface area contributed by atoms with Gasteiger partial charge in [0, 0.05) is 5.52 Å². The van der Waals surface area contributed by atoms with Crippen molar-refractivity contribution in [1.82, 2.24) is 10.4 Å². The number of para-hydroxylation sites is 3. The van der Waals surface area contributed by atoms with Crippen LogP contribution in [0.1, 0.15) is 5.56 Å². The van der Waals surface area contributed by atoms with Crippen LogP contribution in [0.5, 0.6) is 11.5 Å². The number of carbonyl (C=O) groups is 1. The Morgan fingerprint density at radius 1 is 1.15 bits per heavy atom. The third kappa shape index (κ3) is 3.14. The first kappa shape index (κ1) is 15.9. The van der Waals surface area contributed by atoms with Crippen LogP contribution < -0.4 is 20.5 Å². The number of hydrogen-bond acceptors (Lipinski definition) is 5. The molecule has 0 saturated heterocycles. The molecule has 2 aromatic carbocycles. The fourth-order valence-electron chi connectivity index (χ4n) is 2.65. The molecule has 1 atom stereocenters. The average molecular weight is 349 g/mol. The monoisotopic (exact) mass is 349 g/mol. The van der Waals surface area contributed by atoms with E-state index in [1.165, 1.54) is 6.21 Å². The number of hydrazone groups is 1. The molecule has 0 aliphatic carbocycles. The predicted octanol–water partition coefficient (Wildman–Crippen LogP) is 1.82. The molecule has 2 N–H and O–H groups in total. The van der Waals surface area contributed by atoms with E-state index in [9.17, 15) is 9.59 Å². The molecule has 0 unspecified atom stereocenters. The molecule has 0 bridgehead atoms. The van der Waals surface area contributed by atoms with Crippen molar-refractivity contribution >= 4 is 23.0 Å². The van der Waals surface area contributed by atoms with Crippen LogP contribution in [0.4, 0.5) is 0 Å². The number of H-pyrrole nitrogens is 1. The number of aromatic nitrogens is 1. The van der Waals surface area contributed by atoms with Crippen molar-refractivity contribution in [2.45, 2.75) is 6.10 Å². The minimum atomic E-state index is -0.808. The van der Waals surface area contributed by atoms with Gasteiger partial charge in [0.1, 0.15) is 6.61 Å². The Balaban J connectivity index is 1.45. The van der Waals surface area contributed by atoms with Gasteiger partial charge >= 0.3 is 0 Å². The van der Waals surface area contributed by atoms with E-state index in [2.05, 4.69) is 15.5 Å². The second-order valence-corrected chi connectivity index (χ2v) is 5.74. The Labute approximate surface area is 148 Å². The second kappa shape index (κ2) is 6.72. The summed E-state index contributed by atoms with van der Waals surface area (Å²) in [6, 6.07) is 16.3. The van der Waals surface area contributed by atoms with Gasteiger partial charge in [-0.15, -0.1) is 0 Å². The Kier molecular flexibility index (Phi) is 4.10. The van der Waals surface area contributed by atoms with E-state index in [0.29, 0.717) is 17.1 Å². The van der Waals surface area contributed by atoms with Gasteiger partial charge < -0.3 is 14.5 Å². The zero-order chi connectivity index (χ0) is 17.9. The van der Waals surface area contributed by atoms with Crippen LogP contribution in [0.25, 0.3) is 10.9 Å². The number of carbonyl (C=O) groups excluding carboxylic acids is 1. The Morgan fingerprint density at radius 2 is 1.92 bits per heavy atom. The zero-order valence-electron chi connectivity index (χ0n) is 13.6. The second-order valence-electron chi connectivity index (χ2n) is 5.74. The van der Waals surface area contributed by atoms with E-state index in [0.717, 1.165) is 10.9 Å². The third-order valence-electron chi connectivity index (χ3n) is 3.96. The molecule has 0 spiro atoms. The maximum atomic E-state index is 12.2. The molecule has 0 fully saturated rings. The van der Waals surface area contributed by atoms with Crippen molar-refractivity contribution in [3.05, 3.63) is 70.5 Å². The number of benzene rings is 2. The van der Waals surface area contributed by atoms with E-state index in [1.54, 1.807) is 24.3 Å². The van der Waals surface area contributed by atoms with Crippen molar-refractivity contribution in [3.63, 3.8) is 0 Å². The predicted molar refractivity (Wildman–Crippen MR) is 96.7 cm³/mol. The number of hydrogen-bond donors (Lipinski definition) is 2. The van der Waals surface area contributed by atoms with Crippen molar-refractivity contribution in [2.75, 3.05) is 6.61 Å². The molecule has 1 aliphatic rings. The van der Waals surface area contributed by atoms with Gasteiger partial charge in [-0.2, -0.15) is 5.10 Å². The number of rotatable bonds is 3. The average Bonchev–Trinajstić information content (AvgIpc) is 2.68. The number of aromatic amines is 1. The standard InChI is InChI=1S/C19H15N3O4/c23-18-13(9-12-5-1-2-6-14(12)21-18)10-20-22-19(24)17-11-25-15-7-3-4-8-16(15)26-17/h1-10,17H,11H2,(H,21,23)(H,22,24)/b20-10+/t17-/m0/s1. The lowest BCUT2D eigenvalue weighted by molar-refractivity contribution is -0.130. The zero-order valence-corrected chi connectivity index (χ0v) is 13.6. The van der Waals surface area contributed by atoms with Gasteiger partial charge in [0.15, 0.2) is 11.5 Å². The summed E-state index contributed by atoms with van der Waals surface area (Å²) in [5.41, 5.74) is 3.18. The van der Waals surface area contributed by atoms with Crippen LogP contribution in [-0.2, 0) is 4.79 Å². The smallest absolute Gasteiger partial charge is 0.284 e. The van der Waals surface area contributed by atoms with Crippen LogP contribution in [0, 0.1) is 0 Å². The number of pyridine rings is 1. The van der Waals surface area contributed by atoms with Gasteiger partial charge in [0.2, 0.25) is 6.10 Å². The van der Waals surface area contributed by atoms with Crippen LogP contribution >= 0.6 is 0 Å². The lowest BCUT2D eigenvalue weighted by atomic mass is 10.2. The molecule has 2 heterocycles. The first-order valence-electron chi connectivity index (χ1n) is 8.04. The molecule has 3 aromatic rings.